The number of benzene rings is 2. The van der Waals surface area contributed by atoms with Crippen molar-refractivity contribution < 1.29 is 14.3 Å². The molecule has 2 aromatic rings. The second kappa shape index (κ2) is 6.96. The Labute approximate surface area is 179 Å². The molecule has 150 valence electrons. The number of amides is 2. The molecule has 29 heavy (non-hydrogen) atoms. The van der Waals surface area contributed by atoms with Crippen LogP contribution in [0.2, 0.25) is 5.02 Å². The average Bonchev–Trinajstić information content (AvgIpc) is 3.45. The Morgan fingerprint density at radius 3 is 2.86 bits per heavy atom. The maximum absolute atomic E-state index is 13.9. The summed E-state index contributed by atoms with van der Waals surface area (Å²) in [5.74, 6) is 1.59. The Morgan fingerprint density at radius 1 is 1.28 bits per heavy atom. The van der Waals surface area contributed by atoms with E-state index in [0.717, 1.165) is 41.2 Å². The Balaban J connectivity index is 1.58. The summed E-state index contributed by atoms with van der Waals surface area (Å²) in [6, 6.07) is 13.3. The van der Waals surface area contributed by atoms with Gasteiger partial charge in [0.2, 0.25) is 5.91 Å². The largest absolute Gasteiger partial charge is 0.497 e. The molecule has 2 aliphatic heterocycles. The SMILES string of the molecule is COc1cccc(CN2C(=O)C3(SCCN3C(=O)C3CC3)c3cc(Cl)ccc32)c1. The number of ether oxygens (including phenoxy) is 1. The third-order valence-electron chi connectivity index (χ3n) is 5.82. The molecule has 3 aliphatic rings. The van der Waals surface area contributed by atoms with Crippen LogP contribution in [0.3, 0.4) is 0 Å². The summed E-state index contributed by atoms with van der Waals surface area (Å²) in [5.41, 5.74) is 2.62. The molecule has 2 amide bonds. The highest BCUT2D eigenvalue weighted by atomic mass is 35.5. The molecule has 1 unspecified atom stereocenters. The number of carbonyl (C=O) groups is 2. The fourth-order valence-corrected chi connectivity index (χ4v) is 5.90. The van der Waals surface area contributed by atoms with E-state index in [-0.39, 0.29) is 17.7 Å². The van der Waals surface area contributed by atoms with E-state index < -0.39 is 4.87 Å². The van der Waals surface area contributed by atoms with Crippen molar-refractivity contribution in [2.24, 2.45) is 5.92 Å². The molecule has 1 saturated carbocycles. The van der Waals surface area contributed by atoms with Gasteiger partial charge in [0.05, 0.1) is 19.3 Å². The van der Waals surface area contributed by atoms with Crippen molar-refractivity contribution in [2.45, 2.75) is 24.3 Å². The predicted molar refractivity (Wildman–Crippen MR) is 114 cm³/mol. The lowest BCUT2D eigenvalue weighted by molar-refractivity contribution is -0.141. The topological polar surface area (TPSA) is 49.9 Å². The number of halogens is 1. The van der Waals surface area contributed by atoms with Crippen molar-refractivity contribution in [3.05, 3.63) is 58.6 Å². The highest BCUT2D eigenvalue weighted by molar-refractivity contribution is 8.01. The predicted octanol–water partition coefficient (Wildman–Crippen LogP) is 4.03. The van der Waals surface area contributed by atoms with Gasteiger partial charge in [-0.05, 0) is 48.7 Å². The third kappa shape index (κ3) is 2.92. The van der Waals surface area contributed by atoms with Crippen molar-refractivity contribution in [1.29, 1.82) is 0 Å². The third-order valence-corrected chi connectivity index (χ3v) is 7.48. The van der Waals surface area contributed by atoms with Crippen molar-refractivity contribution in [3.8, 4) is 5.75 Å². The number of carbonyl (C=O) groups excluding carboxylic acids is 2. The maximum Gasteiger partial charge on any atom is 0.268 e. The van der Waals surface area contributed by atoms with Gasteiger partial charge in [-0.25, -0.2) is 0 Å². The number of fused-ring (bicyclic) bond motifs is 2. The van der Waals surface area contributed by atoms with E-state index >= 15 is 0 Å². The Morgan fingerprint density at radius 2 is 2.10 bits per heavy atom. The lowest BCUT2D eigenvalue weighted by Crippen LogP contribution is -2.50. The zero-order chi connectivity index (χ0) is 20.2. The number of hydrogen-bond donors (Lipinski definition) is 0. The summed E-state index contributed by atoms with van der Waals surface area (Å²) in [6.45, 7) is 1.00. The summed E-state index contributed by atoms with van der Waals surface area (Å²) >= 11 is 7.87. The first-order chi connectivity index (χ1) is 14.0. The number of hydrogen-bond acceptors (Lipinski definition) is 4. The summed E-state index contributed by atoms with van der Waals surface area (Å²) in [5, 5.41) is 0.575. The van der Waals surface area contributed by atoms with Gasteiger partial charge in [0, 0.05) is 28.8 Å². The van der Waals surface area contributed by atoms with Crippen molar-refractivity contribution in [2.75, 3.05) is 24.3 Å². The Kier molecular flexibility index (Phi) is 4.51. The molecular formula is C22H21ClN2O3S. The molecule has 2 aromatic carbocycles. The normalized spacial score (nSPS) is 23.0. The van der Waals surface area contributed by atoms with Crippen LogP contribution in [0.5, 0.6) is 5.75 Å². The van der Waals surface area contributed by atoms with Crippen LogP contribution in [0.15, 0.2) is 42.5 Å². The average molecular weight is 429 g/mol. The van der Waals surface area contributed by atoms with Crippen molar-refractivity contribution in [1.82, 2.24) is 4.90 Å². The van der Waals surface area contributed by atoms with Gasteiger partial charge in [0.15, 0.2) is 4.87 Å². The molecule has 0 N–H and O–H groups in total. The lowest BCUT2D eigenvalue weighted by Gasteiger charge is -2.33. The van der Waals surface area contributed by atoms with Gasteiger partial charge >= 0.3 is 0 Å². The molecular weight excluding hydrogens is 408 g/mol. The summed E-state index contributed by atoms with van der Waals surface area (Å²) in [4.78, 5) is 29.5. The van der Waals surface area contributed by atoms with Crippen LogP contribution in [0, 0.1) is 5.92 Å². The minimum atomic E-state index is -1.00. The summed E-state index contributed by atoms with van der Waals surface area (Å²) in [7, 11) is 1.63. The Bertz CT molecular complexity index is 1010. The van der Waals surface area contributed by atoms with Crippen molar-refractivity contribution in [3.63, 3.8) is 0 Å². The van der Waals surface area contributed by atoms with Crippen molar-refractivity contribution >= 4 is 40.9 Å². The fourth-order valence-electron chi connectivity index (χ4n) is 4.27. The van der Waals surface area contributed by atoms with Gasteiger partial charge in [-0.1, -0.05) is 23.7 Å². The highest BCUT2D eigenvalue weighted by Gasteiger charge is 2.60. The first-order valence-electron chi connectivity index (χ1n) is 9.75. The van der Waals surface area contributed by atoms with E-state index in [1.54, 1.807) is 34.7 Å². The molecule has 1 atom stereocenters. The van der Waals surface area contributed by atoms with Gasteiger partial charge < -0.3 is 14.5 Å². The molecule has 1 saturated heterocycles. The number of thioether (sulfide) groups is 1. The molecule has 0 radical (unpaired) electrons. The van der Waals surface area contributed by atoms with E-state index in [2.05, 4.69) is 0 Å². The zero-order valence-corrected chi connectivity index (χ0v) is 17.6. The highest BCUT2D eigenvalue weighted by Crippen LogP contribution is 2.56. The van der Waals surface area contributed by atoms with Gasteiger partial charge in [0.1, 0.15) is 5.75 Å². The maximum atomic E-state index is 13.9. The molecule has 2 heterocycles. The molecule has 1 aliphatic carbocycles. The molecule has 5 rings (SSSR count). The summed E-state index contributed by atoms with van der Waals surface area (Å²) in [6.07, 6.45) is 1.83. The number of methoxy groups -OCH3 is 1. The lowest BCUT2D eigenvalue weighted by atomic mass is 10.1. The van der Waals surface area contributed by atoms with Gasteiger partial charge in [-0.15, -0.1) is 11.8 Å². The molecule has 0 bridgehead atoms. The minimum Gasteiger partial charge on any atom is -0.497 e. The number of anilines is 1. The number of nitrogens with zero attached hydrogens (tertiary/aromatic N) is 2. The van der Waals surface area contributed by atoms with Crippen LogP contribution in [-0.2, 0) is 21.0 Å². The standard InChI is InChI=1S/C22H21ClN2O3S/c1-28-17-4-2-3-14(11-17)13-24-19-8-7-16(23)12-18(19)22(21(24)27)25(9-10-29-22)20(26)15-5-6-15/h2-4,7-8,11-12,15H,5-6,9-10,13H2,1H3. The zero-order valence-electron chi connectivity index (χ0n) is 16.1. The monoisotopic (exact) mass is 428 g/mol. The smallest absolute Gasteiger partial charge is 0.268 e. The first kappa shape index (κ1) is 18.8. The quantitative estimate of drug-likeness (QED) is 0.737. The van der Waals surface area contributed by atoms with E-state index in [4.69, 9.17) is 16.3 Å². The molecule has 2 fully saturated rings. The molecule has 7 heteroatoms. The van der Waals surface area contributed by atoms with Gasteiger partial charge in [-0.3, -0.25) is 9.59 Å². The minimum absolute atomic E-state index is 0.0610. The summed E-state index contributed by atoms with van der Waals surface area (Å²) < 4.78 is 5.33. The molecule has 5 nitrogen and oxygen atoms in total. The Hall–Kier alpha value is -2.18. The number of rotatable bonds is 4. The molecule has 0 aromatic heterocycles. The van der Waals surface area contributed by atoms with E-state index in [1.807, 2.05) is 36.4 Å². The molecule has 1 spiro atoms. The van der Waals surface area contributed by atoms with Crippen LogP contribution in [0.25, 0.3) is 0 Å². The second-order valence-corrected chi connectivity index (χ2v) is 9.39. The van der Waals surface area contributed by atoms with Gasteiger partial charge in [-0.2, -0.15) is 0 Å². The van der Waals surface area contributed by atoms with Crippen LogP contribution in [0.1, 0.15) is 24.0 Å². The second-order valence-electron chi connectivity index (χ2n) is 7.66. The van der Waals surface area contributed by atoms with E-state index in [1.165, 1.54) is 0 Å². The van der Waals surface area contributed by atoms with Crippen LogP contribution in [0.4, 0.5) is 5.69 Å². The van der Waals surface area contributed by atoms with E-state index in [9.17, 15) is 9.59 Å². The van der Waals surface area contributed by atoms with Crippen LogP contribution in [-0.4, -0.2) is 36.1 Å². The fraction of sp³-hybridized carbons (Fsp3) is 0.364. The van der Waals surface area contributed by atoms with Crippen LogP contribution >= 0.6 is 23.4 Å². The van der Waals surface area contributed by atoms with Gasteiger partial charge in [0.25, 0.3) is 5.91 Å². The van der Waals surface area contributed by atoms with Crippen LogP contribution < -0.4 is 9.64 Å². The van der Waals surface area contributed by atoms with E-state index in [0.29, 0.717) is 18.1 Å². The first-order valence-corrected chi connectivity index (χ1v) is 11.1.